The molecule has 2 aliphatic carbocycles. The number of hydrogen-bond acceptors (Lipinski definition) is 11. The Morgan fingerprint density at radius 1 is 1.00 bits per heavy atom. The van der Waals surface area contributed by atoms with Crippen LogP contribution < -0.4 is 24.8 Å². The molecule has 342 valence electrons. The summed E-state index contributed by atoms with van der Waals surface area (Å²) < 4.78 is 71.0. The highest BCUT2D eigenvalue weighted by Crippen LogP contribution is 2.47. The van der Waals surface area contributed by atoms with Crippen LogP contribution in [0.3, 0.4) is 0 Å². The first-order valence-corrected chi connectivity index (χ1v) is 24.8. The molecule has 4 N–H and O–H groups in total. The molecule has 19 heteroatoms. The molecule has 0 unspecified atom stereocenters. The Morgan fingerprint density at radius 3 is 2.41 bits per heavy atom. The molecule has 0 bridgehead atoms. The summed E-state index contributed by atoms with van der Waals surface area (Å²) in [6.45, 7) is 10.4. The number of alkyl carbamates (subject to hydrolysis) is 1. The van der Waals surface area contributed by atoms with Crippen molar-refractivity contribution in [1.29, 1.82) is 0 Å². The standard InChI is InChI=1S/C44H59N7O10S2/c1-28(2)51-34-21-15-20-32(48-62(56,57)27-29-16-11-10-12-17-29)36(34)46-40(51)60-31-24-35-37(52)47-44(39(54)49-63(58,59)43(6)22-23-43)25-30(44)18-13-8-7-9-14-19-33(38(53)50(35)26-31)45-41(55)61-42(3,4)5/h10-13,15-18,20-21,28,30-31,33,35,48H,7-9,14,19,22-27H2,1-6H3,(H,45,55)(H,47,52)(H,49,54)/b18-13-/t30-,31-,33+,35+,44-/m1/s1. The molecule has 4 aliphatic rings. The Morgan fingerprint density at radius 2 is 1.73 bits per heavy atom. The number of sulfonamides is 2. The van der Waals surface area contributed by atoms with Crippen LogP contribution in [0.5, 0.6) is 6.01 Å². The number of carbonyl (C=O) groups excluding carboxylic acids is 4. The third kappa shape index (κ3) is 10.3. The number of fused-ring (bicyclic) bond motifs is 3. The van der Waals surface area contributed by atoms with Crippen LogP contribution in [0.15, 0.2) is 60.7 Å². The lowest BCUT2D eigenvalue weighted by Gasteiger charge is -2.30. The molecule has 63 heavy (non-hydrogen) atoms. The number of imidazole rings is 1. The smallest absolute Gasteiger partial charge is 0.408 e. The second-order valence-corrected chi connectivity index (χ2v) is 22.7. The van der Waals surface area contributed by atoms with Gasteiger partial charge in [-0.3, -0.25) is 28.4 Å². The molecule has 4 amide bonds. The van der Waals surface area contributed by atoms with Crippen LogP contribution in [0.2, 0.25) is 0 Å². The average Bonchev–Trinajstić information content (AvgIpc) is 4.01. The predicted octanol–water partition coefficient (Wildman–Crippen LogP) is 5.19. The maximum atomic E-state index is 14.7. The molecule has 1 aromatic heterocycles. The number of nitrogens with zero attached hydrogens (tertiary/aromatic N) is 3. The van der Waals surface area contributed by atoms with Gasteiger partial charge in [0.2, 0.25) is 31.9 Å². The van der Waals surface area contributed by atoms with Gasteiger partial charge in [0.25, 0.3) is 11.9 Å². The highest BCUT2D eigenvalue weighted by atomic mass is 32.2. The topological polar surface area (TPSA) is 224 Å². The first-order valence-electron chi connectivity index (χ1n) is 21.7. The maximum Gasteiger partial charge on any atom is 0.408 e. The largest absolute Gasteiger partial charge is 0.459 e. The number of para-hydroxylation sites is 1. The summed E-state index contributed by atoms with van der Waals surface area (Å²) in [5, 5.41) is 5.62. The van der Waals surface area contributed by atoms with Crippen molar-refractivity contribution in [1.82, 2.24) is 29.8 Å². The Balaban J connectivity index is 1.21. The fourth-order valence-electron chi connectivity index (χ4n) is 8.30. The third-order valence-corrected chi connectivity index (χ3v) is 15.5. The SMILES string of the molecule is CC(C)n1c(O[C@@H]2C[C@H]3C(=O)N[C@]4(C(=O)NS(=O)(=O)C5(C)CC5)C[C@H]4/C=C\CCCCC[C@H](NC(=O)OC(C)(C)C)C(=O)N3C2)nc2c(NS(=O)(=O)Cc3ccccc3)cccc21. The summed E-state index contributed by atoms with van der Waals surface area (Å²) in [5.74, 6) is -2.82. The van der Waals surface area contributed by atoms with Crippen molar-refractivity contribution >= 4 is 60.6 Å². The fraction of sp³-hybridized carbons (Fsp3) is 0.568. The number of hydrogen-bond donors (Lipinski definition) is 4. The van der Waals surface area contributed by atoms with Crippen LogP contribution in [0, 0.1) is 5.92 Å². The van der Waals surface area contributed by atoms with Gasteiger partial charge in [-0.15, -0.1) is 0 Å². The third-order valence-electron chi connectivity index (χ3n) is 12.1. The first kappa shape index (κ1) is 45.8. The first-order chi connectivity index (χ1) is 29.6. The van der Waals surface area contributed by atoms with Crippen LogP contribution in [0.1, 0.15) is 111 Å². The second-order valence-electron chi connectivity index (χ2n) is 18.8. The van der Waals surface area contributed by atoms with Gasteiger partial charge in [-0.05, 0) is 97.8 Å². The van der Waals surface area contributed by atoms with Crippen LogP contribution in [0.25, 0.3) is 11.0 Å². The molecule has 5 atom stereocenters. The minimum absolute atomic E-state index is 0.0524. The molecule has 7 rings (SSSR count). The summed E-state index contributed by atoms with van der Waals surface area (Å²) in [6, 6.07) is 11.5. The number of ether oxygens (including phenoxy) is 2. The van der Waals surface area contributed by atoms with E-state index in [1.54, 1.807) is 80.8 Å². The highest BCUT2D eigenvalue weighted by Gasteiger charge is 2.63. The zero-order valence-corrected chi connectivity index (χ0v) is 38.3. The van der Waals surface area contributed by atoms with Gasteiger partial charge in [-0.2, -0.15) is 4.98 Å². The van der Waals surface area contributed by atoms with E-state index in [0.717, 1.165) is 12.8 Å². The molecule has 3 heterocycles. The summed E-state index contributed by atoms with van der Waals surface area (Å²) in [6.07, 6.45) is 6.03. The summed E-state index contributed by atoms with van der Waals surface area (Å²) >= 11 is 0. The van der Waals surface area contributed by atoms with E-state index in [2.05, 4.69) is 20.1 Å². The molecular formula is C44H59N7O10S2. The van der Waals surface area contributed by atoms with Gasteiger partial charge in [-0.25, -0.2) is 21.6 Å². The Bertz CT molecular complexity index is 2500. The molecule has 0 radical (unpaired) electrons. The van der Waals surface area contributed by atoms with Gasteiger partial charge in [0.1, 0.15) is 34.8 Å². The Kier molecular flexibility index (Phi) is 12.7. The van der Waals surface area contributed by atoms with Gasteiger partial charge < -0.3 is 25.0 Å². The average molecular weight is 910 g/mol. The lowest BCUT2D eigenvalue weighted by molar-refractivity contribution is -0.141. The minimum Gasteiger partial charge on any atom is -0.459 e. The van der Waals surface area contributed by atoms with Crippen molar-refractivity contribution in [2.75, 3.05) is 11.3 Å². The number of anilines is 1. The van der Waals surface area contributed by atoms with Crippen LogP contribution >= 0.6 is 0 Å². The molecule has 2 aromatic carbocycles. The van der Waals surface area contributed by atoms with Crippen molar-refractivity contribution in [3.05, 3.63) is 66.2 Å². The number of nitrogens with one attached hydrogen (secondary N) is 4. The molecule has 0 spiro atoms. The Labute approximate surface area is 369 Å². The van der Waals surface area contributed by atoms with Crippen molar-refractivity contribution in [3.63, 3.8) is 0 Å². The van der Waals surface area contributed by atoms with Gasteiger partial charge in [0.05, 0.1) is 28.2 Å². The van der Waals surface area contributed by atoms with Gasteiger partial charge in [0, 0.05) is 18.4 Å². The Hall–Kier alpha value is -5.17. The zero-order valence-electron chi connectivity index (χ0n) is 36.7. The monoisotopic (exact) mass is 909 g/mol. The lowest BCUT2D eigenvalue weighted by Crippen LogP contribution is -2.58. The predicted molar refractivity (Wildman–Crippen MR) is 236 cm³/mol. The fourth-order valence-corrected chi connectivity index (χ4v) is 10.8. The highest BCUT2D eigenvalue weighted by molar-refractivity contribution is 7.92. The van der Waals surface area contributed by atoms with Gasteiger partial charge >= 0.3 is 6.09 Å². The van der Waals surface area contributed by atoms with E-state index >= 15 is 0 Å². The van der Waals surface area contributed by atoms with Crippen molar-refractivity contribution in [3.8, 4) is 6.01 Å². The van der Waals surface area contributed by atoms with Crippen molar-refractivity contribution in [2.45, 2.75) is 145 Å². The molecule has 17 nitrogen and oxygen atoms in total. The number of allylic oxidation sites excluding steroid dienone is 1. The van der Waals surface area contributed by atoms with E-state index < -0.39 is 83.9 Å². The molecule has 3 aromatic rings. The summed E-state index contributed by atoms with van der Waals surface area (Å²) in [7, 11) is -7.90. The molecule has 3 fully saturated rings. The second kappa shape index (κ2) is 17.4. The van der Waals surface area contributed by atoms with Crippen LogP contribution in [0.4, 0.5) is 10.5 Å². The number of rotatable bonds is 11. The van der Waals surface area contributed by atoms with E-state index in [0.29, 0.717) is 42.3 Å². The van der Waals surface area contributed by atoms with Gasteiger partial charge in [-0.1, -0.05) is 61.4 Å². The number of aromatic nitrogens is 2. The summed E-state index contributed by atoms with van der Waals surface area (Å²) in [4.78, 5) is 62.6. The van der Waals surface area contributed by atoms with Crippen molar-refractivity contribution < 1.29 is 45.5 Å². The quantitative estimate of drug-likeness (QED) is 0.183. The lowest BCUT2D eigenvalue weighted by atomic mass is 10.0. The summed E-state index contributed by atoms with van der Waals surface area (Å²) in [5.41, 5.74) is -0.665. The molecular weight excluding hydrogens is 851 g/mol. The van der Waals surface area contributed by atoms with Crippen molar-refractivity contribution in [2.24, 2.45) is 5.92 Å². The number of amides is 4. The van der Waals surface area contributed by atoms with Crippen LogP contribution in [-0.4, -0.2) is 95.7 Å². The van der Waals surface area contributed by atoms with Crippen LogP contribution in [-0.2, 0) is 44.9 Å². The molecule has 2 aliphatic heterocycles. The number of benzene rings is 2. The van der Waals surface area contributed by atoms with E-state index in [-0.39, 0.29) is 49.3 Å². The van der Waals surface area contributed by atoms with E-state index in [1.807, 2.05) is 26.0 Å². The zero-order chi connectivity index (χ0) is 45.5. The molecule has 1 saturated heterocycles. The minimum atomic E-state index is -4.04. The number of carbonyl (C=O) groups is 4. The van der Waals surface area contributed by atoms with E-state index in [4.69, 9.17) is 14.5 Å². The normalized spacial score (nSPS) is 25.7. The molecule has 2 saturated carbocycles. The maximum absolute atomic E-state index is 14.7. The van der Waals surface area contributed by atoms with E-state index in [9.17, 15) is 36.0 Å². The van der Waals surface area contributed by atoms with Gasteiger partial charge in [0.15, 0.2) is 0 Å². The van der Waals surface area contributed by atoms with E-state index in [1.165, 1.54) is 4.90 Å².